The van der Waals surface area contributed by atoms with E-state index in [-0.39, 0.29) is 5.41 Å². The van der Waals surface area contributed by atoms with Crippen LogP contribution in [0.15, 0.2) is 200 Å². The van der Waals surface area contributed by atoms with Gasteiger partial charge in [-0.3, -0.25) is 0 Å². The highest BCUT2D eigenvalue weighted by molar-refractivity contribution is 7.26. The van der Waals surface area contributed by atoms with E-state index in [2.05, 4.69) is 189 Å². The Morgan fingerprint density at radius 3 is 1.70 bits per heavy atom. The second kappa shape index (κ2) is 13.4. The second-order valence-corrected chi connectivity index (χ2v) is 16.1. The van der Waals surface area contributed by atoms with E-state index in [4.69, 9.17) is 9.97 Å². The summed E-state index contributed by atoms with van der Waals surface area (Å²) in [6.45, 7) is 2.37. The zero-order chi connectivity index (χ0) is 37.9. The van der Waals surface area contributed by atoms with Crippen LogP contribution in [0, 0.1) is 0 Å². The summed E-state index contributed by atoms with van der Waals surface area (Å²) in [5.74, 6) is 0.709. The fourth-order valence-corrected chi connectivity index (χ4v) is 10.1. The first-order chi connectivity index (χ1) is 28.1. The van der Waals surface area contributed by atoms with Crippen molar-refractivity contribution in [3.8, 4) is 67.3 Å². The van der Waals surface area contributed by atoms with E-state index in [0.717, 1.165) is 33.6 Å². The van der Waals surface area contributed by atoms with Crippen LogP contribution in [0.3, 0.4) is 0 Å². The number of hydrogen-bond donors (Lipinski definition) is 0. The van der Waals surface area contributed by atoms with Gasteiger partial charge in [-0.1, -0.05) is 176 Å². The van der Waals surface area contributed by atoms with Crippen LogP contribution in [0.1, 0.15) is 23.6 Å². The quantitative estimate of drug-likeness (QED) is 0.169. The average Bonchev–Trinajstić information content (AvgIpc) is 3.80. The fraction of sp³-hybridized carbons (Fsp3) is 0.0370. The van der Waals surface area contributed by atoms with Gasteiger partial charge in [-0.05, 0) is 81.3 Å². The maximum Gasteiger partial charge on any atom is 0.160 e. The first-order valence-electron chi connectivity index (χ1n) is 19.5. The summed E-state index contributed by atoms with van der Waals surface area (Å²) in [7, 11) is 0. The zero-order valence-corrected chi connectivity index (χ0v) is 32.2. The van der Waals surface area contributed by atoms with Crippen LogP contribution in [0.2, 0.25) is 0 Å². The van der Waals surface area contributed by atoms with Gasteiger partial charge in [0, 0.05) is 42.3 Å². The molecule has 0 atom stereocenters. The van der Waals surface area contributed by atoms with E-state index >= 15 is 0 Å². The number of benzene rings is 8. The lowest BCUT2D eigenvalue weighted by atomic mass is 9.74. The highest BCUT2D eigenvalue weighted by atomic mass is 32.1. The molecule has 0 aliphatic heterocycles. The highest BCUT2D eigenvalue weighted by Crippen LogP contribution is 2.52. The molecule has 268 valence electrons. The molecule has 0 N–H and O–H groups in total. The van der Waals surface area contributed by atoms with Crippen molar-refractivity contribution in [1.82, 2.24) is 9.97 Å². The lowest BCUT2D eigenvalue weighted by Crippen LogP contribution is -2.22. The minimum atomic E-state index is -0.257. The molecule has 0 saturated heterocycles. The number of hydrogen-bond acceptors (Lipinski definition) is 3. The molecule has 1 aliphatic rings. The van der Waals surface area contributed by atoms with Crippen LogP contribution in [-0.2, 0) is 5.41 Å². The Hall–Kier alpha value is -6.94. The van der Waals surface area contributed by atoms with Crippen molar-refractivity contribution in [3.05, 3.63) is 217 Å². The average molecular weight is 745 g/mol. The predicted octanol–water partition coefficient (Wildman–Crippen LogP) is 14.5. The van der Waals surface area contributed by atoms with Gasteiger partial charge in [0.2, 0.25) is 0 Å². The molecule has 10 aromatic rings. The summed E-state index contributed by atoms with van der Waals surface area (Å²) in [6, 6.07) is 72.2. The van der Waals surface area contributed by atoms with Gasteiger partial charge >= 0.3 is 0 Å². The van der Waals surface area contributed by atoms with Gasteiger partial charge in [-0.25, -0.2) is 9.97 Å². The molecule has 0 radical (unpaired) electrons. The van der Waals surface area contributed by atoms with E-state index in [1.807, 2.05) is 29.5 Å². The normalized spacial score (nSPS) is 12.8. The zero-order valence-electron chi connectivity index (χ0n) is 31.4. The lowest BCUT2D eigenvalue weighted by molar-refractivity contribution is 0.714. The molecule has 1 aliphatic carbocycles. The molecule has 0 saturated carbocycles. The fourth-order valence-electron chi connectivity index (χ4n) is 8.89. The Morgan fingerprint density at radius 2 is 0.930 bits per heavy atom. The van der Waals surface area contributed by atoms with E-state index < -0.39 is 0 Å². The largest absolute Gasteiger partial charge is 0.228 e. The third-order valence-corrected chi connectivity index (χ3v) is 13.0. The van der Waals surface area contributed by atoms with Gasteiger partial charge in [0.15, 0.2) is 5.82 Å². The number of fused-ring (bicyclic) bond motifs is 6. The lowest BCUT2D eigenvalue weighted by Gasteiger charge is -2.28. The molecular formula is C54H36N2S. The smallest absolute Gasteiger partial charge is 0.160 e. The minimum absolute atomic E-state index is 0.257. The van der Waals surface area contributed by atoms with Crippen molar-refractivity contribution < 1.29 is 0 Å². The van der Waals surface area contributed by atoms with Crippen LogP contribution in [0.5, 0.6) is 0 Å². The van der Waals surface area contributed by atoms with Crippen LogP contribution in [0.4, 0.5) is 0 Å². The number of thiophene rings is 1. The Morgan fingerprint density at radius 1 is 0.386 bits per heavy atom. The van der Waals surface area contributed by atoms with Gasteiger partial charge in [0.25, 0.3) is 0 Å². The predicted molar refractivity (Wildman–Crippen MR) is 240 cm³/mol. The monoisotopic (exact) mass is 744 g/mol. The molecule has 57 heavy (non-hydrogen) atoms. The molecule has 8 aromatic carbocycles. The third kappa shape index (κ3) is 5.54. The summed E-state index contributed by atoms with van der Waals surface area (Å²) < 4.78 is 2.63. The third-order valence-electron chi connectivity index (χ3n) is 11.8. The topological polar surface area (TPSA) is 25.8 Å². The second-order valence-electron chi connectivity index (χ2n) is 15.1. The van der Waals surface area contributed by atoms with Gasteiger partial charge in [-0.15, -0.1) is 11.3 Å². The summed E-state index contributed by atoms with van der Waals surface area (Å²) in [4.78, 5) is 10.3. The molecule has 0 amide bonds. The Bertz CT molecular complexity index is 3090. The first-order valence-corrected chi connectivity index (χ1v) is 20.3. The van der Waals surface area contributed by atoms with Crippen molar-refractivity contribution in [3.63, 3.8) is 0 Å². The van der Waals surface area contributed by atoms with Gasteiger partial charge < -0.3 is 0 Å². The highest BCUT2D eigenvalue weighted by Gasteiger charge is 2.40. The van der Waals surface area contributed by atoms with E-state index in [0.29, 0.717) is 5.82 Å². The van der Waals surface area contributed by atoms with Crippen molar-refractivity contribution in [2.45, 2.75) is 12.3 Å². The van der Waals surface area contributed by atoms with Crippen LogP contribution in [-0.4, -0.2) is 9.97 Å². The number of aromatic nitrogens is 2. The Labute approximate surface area is 336 Å². The standard InChI is InChI=1S/C54H36N2S/c1-54(47-25-8-5-20-43(47)44-21-6-9-26-48(44)54)41-19-12-17-39(33-41)38-16-11-18-40(32-38)50-34-49(55-53(56-50)37-14-3-2-4-15-37)36-30-28-35(29-31-36)42-23-13-24-46-45-22-7-10-27-51(45)57-52(42)46/h2-34H,1H3. The molecule has 0 unspecified atom stereocenters. The van der Waals surface area contributed by atoms with Gasteiger partial charge in [-0.2, -0.15) is 0 Å². The molecular weight excluding hydrogens is 709 g/mol. The minimum Gasteiger partial charge on any atom is -0.228 e. The maximum atomic E-state index is 5.19. The van der Waals surface area contributed by atoms with Crippen molar-refractivity contribution in [2.24, 2.45) is 0 Å². The number of rotatable bonds is 6. The molecule has 0 spiro atoms. The maximum absolute atomic E-state index is 5.19. The first kappa shape index (κ1) is 33.4. The number of nitrogens with zero attached hydrogens (tertiary/aromatic N) is 2. The summed E-state index contributed by atoms with van der Waals surface area (Å²) in [6.07, 6.45) is 0. The molecule has 3 heteroatoms. The van der Waals surface area contributed by atoms with Crippen LogP contribution >= 0.6 is 11.3 Å². The molecule has 2 aromatic heterocycles. The molecule has 2 nitrogen and oxygen atoms in total. The molecule has 0 fully saturated rings. The van der Waals surface area contributed by atoms with E-state index in [9.17, 15) is 0 Å². The Kier molecular flexibility index (Phi) is 7.84. The van der Waals surface area contributed by atoms with Crippen LogP contribution < -0.4 is 0 Å². The van der Waals surface area contributed by atoms with Crippen molar-refractivity contribution in [2.75, 3.05) is 0 Å². The molecule has 2 heterocycles. The SMILES string of the molecule is CC1(c2cccc(-c3cccc(-c4cc(-c5ccc(-c6cccc7c6sc6ccccc67)cc5)nc(-c5ccccc5)n4)c3)c2)c2ccccc2-c2ccccc21. The summed E-state index contributed by atoms with van der Waals surface area (Å²) in [5.41, 5.74) is 16.0. The molecule has 0 bridgehead atoms. The summed E-state index contributed by atoms with van der Waals surface area (Å²) >= 11 is 1.86. The Balaban J connectivity index is 0.984. The van der Waals surface area contributed by atoms with Gasteiger partial charge in [0.05, 0.1) is 11.4 Å². The van der Waals surface area contributed by atoms with Crippen molar-refractivity contribution >= 4 is 31.5 Å². The van der Waals surface area contributed by atoms with E-state index in [1.54, 1.807) is 0 Å². The molecule has 11 rings (SSSR count). The van der Waals surface area contributed by atoms with Crippen molar-refractivity contribution in [1.29, 1.82) is 0 Å². The van der Waals surface area contributed by atoms with E-state index in [1.165, 1.54) is 64.7 Å². The van der Waals surface area contributed by atoms with Gasteiger partial charge in [0.1, 0.15) is 0 Å². The van der Waals surface area contributed by atoms with Crippen LogP contribution in [0.25, 0.3) is 87.5 Å². The summed E-state index contributed by atoms with van der Waals surface area (Å²) in [5, 5.41) is 2.62.